The fraction of sp³-hybridized carbons (Fsp3) is 0.273. The van der Waals surface area contributed by atoms with Gasteiger partial charge in [0.15, 0.2) is 11.6 Å². The molecule has 138 valence electrons. The molecule has 5 heteroatoms. The Morgan fingerprint density at radius 3 is 2.70 bits per heavy atom. The van der Waals surface area contributed by atoms with Crippen LogP contribution in [0.5, 0.6) is 0 Å². The number of hydrogen-bond acceptors (Lipinski definition) is 2. The van der Waals surface area contributed by atoms with Crippen LogP contribution in [0.3, 0.4) is 0 Å². The lowest BCUT2D eigenvalue weighted by Crippen LogP contribution is -2.27. The molecule has 1 N–H and O–H groups in total. The fourth-order valence-electron chi connectivity index (χ4n) is 3.94. The second-order valence-corrected chi connectivity index (χ2v) is 8.31. The molecule has 4 rings (SSSR count). The number of pyridine rings is 1. The van der Waals surface area contributed by atoms with Crippen molar-refractivity contribution in [3.63, 3.8) is 0 Å². The highest BCUT2D eigenvalue weighted by Crippen LogP contribution is 2.41. The maximum Gasteiger partial charge on any atom is 0.165 e. The van der Waals surface area contributed by atoms with E-state index in [0.717, 1.165) is 29.4 Å². The maximum absolute atomic E-state index is 14.6. The van der Waals surface area contributed by atoms with Crippen LogP contribution >= 0.6 is 11.6 Å². The first kappa shape index (κ1) is 17.9. The lowest BCUT2D eigenvalue weighted by atomic mass is 9.75. The normalized spacial score (nSPS) is 15.6. The van der Waals surface area contributed by atoms with Gasteiger partial charge in [-0.05, 0) is 29.0 Å². The zero-order valence-electron chi connectivity index (χ0n) is 15.3. The molecule has 1 aliphatic rings. The number of nitrogens with one attached hydrogen (secondary N) is 1. The second-order valence-electron chi connectivity index (χ2n) is 7.92. The molecule has 0 aliphatic heterocycles. The van der Waals surface area contributed by atoms with Crippen molar-refractivity contribution in [2.24, 2.45) is 5.41 Å². The largest absolute Gasteiger partial charge is 0.357 e. The van der Waals surface area contributed by atoms with Gasteiger partial charge < -0.3 is 4.98 Å². The number of fused-ring (bicyclic) bond motifs is 1. The smallest absolute Gasteiger partial charge is 0.165 e. The van der Waals surface area contributed by atoms with Crippen LogP contribution in [0.4, 0.5) is 4.39 Å². The number of hydrogen-bond donors (Lipinski definition) is 1. The summed E-state index contributed by atoms with van der Waals surface area (Å²) in [5, 5.41) is 0.219. The molecule has 0 saturated carbocycles. The molecule has 1 aromatic carbocycles. The third-order valence-electron chi connectivity index (χ3n) is 5.07. The van der Waals surface area contributed by atoms with E-state index in [1.54, 1.807) is 0 Å². The Kier molecular flexibility index (Phi) is 4.39. The summed E-state index contributed by atoms with van der Waals surface area (Å²) in [5.74, 6) is -0.353. The van der Waals surface area contributed by atoms with Crippen molar-refractivity contribution in [1.29, 1.82) is 0 Å². The average Bonchev–Trinajstić information content (AvgIpc) is 2.95. The van der Waals surface area contributed by atoms with E-state index in [1.807, 2.05) is 30.3 Å². The molecule has 0 fully saturated rings. The van der Waals surface area contributed by atoms with Crippen LogP contribution in [-0.4, -0.2) is 15.8 Å². The van der Waals surface area contributed by atoms with E-state index in [4.69, 9.17) is 11.6 Å². The van der Waals surface area contributed by atoms with Gasteiger partial charge in [0.1, 0.15) is 5.15 Å². The van der Waals surface area contributed by atoms with Gasteiger partial charge in [-0.3, -0.25) is 4.79 Å². The van der Waals surface area contributed by atoms with Gasteiger partial charge in [-0.1, -0.05) is 55.8 Å². The van der Waals surface area contributed by atoms with Crippen molar-refractivity contribution in [2.75, 3.05) is 0 Å². The van der Waals surface area contributed by atoms with Gasteiger partial charge in [0, 0.05) is 29.7 Å². The van der Waals surface area contributed by atoms with Crippen LogP contribution in [0, 0.1) is 11.2 Å². The van der Waals surface area contributed by atoms with Crippen LogP contribution in [0.1, 0.15) is 47.4 Å². The summed E-state index contributed by atoms with van der Waals surface area (Å²) < 4.78 is 14.6. The number of rotatable bonds is 3. The molecule has 0 radical (unpaired) electrons. The zero-order valence-corrected chi connectivity index (χ0v) is 16.0. The molecule has 0 amide bonds. The topological polar surface area (TPSA) is 45.8 Å². The Bertz CT molecular complexity index is 1020. The number of carbonyl (C=O) groups excluding carboxylic acids is 1. The van der Waals surface area contributed by atoms with Crippen LogP contribution in [0.25, 0.3) is 11.3 Å². The van der Waals surface area contributed by atoms with Crippen molar-refractivity contribution in [2.45, 2.75) is 33.1 Å². The molecule has 0 spiro atoms. The molecule has 3 aromatic rings. The highest BCUT2D eigenvalue weighted by molar-refractivity contribution is 6.29. The van der Waals surface area contributed by atoms with Gasteiger partial charge in [0.25, 0.3) is 0 Å². The third kappa shape index (κ3) is 3.42. The number of benzene rings is 1. The molecule has 0 saturated heterocycles. The highest BCUT2D eigenvalue weighted by Gasteiger charge is 2.35. The Hall–Kier alpha value is -2.46. The number of ketones is 1. The minimum Gasteiger partial charge on any atom is -0.357 e. The summed E-state index contributed by atoms with van der Waals surface area (Å²) >= 11 is 6.02. The first-order valence-electron chi connectivity index (χ1n) is 8.96. The Morgan fingerprint density at radius 1 is 1.22 bits per heavy atom. The molecule has 27 heavy (non-hydrogen) atoms. The molecule has 1 aliphatic carbocycles. The van der Waals surface area contributed by atoms with Crippen LogP contribution in [0.2, 0.25) is 5.15 Å². The predicted octanol–water partition coefficient (Wildman–Crippen LogP) is 5.62. The lowest BCUT2D eigenvalue weighted by molar-refractivity contribution is 0.0911. The summed E-state index contributed by atoms with van der Waals surface area (Å²) in [6.45, 7) is 4.16. The van der Waals surface area contributed by atoms with Gasteiger partial charge in [-0.2, -0.15) is 0 Å². The molecule has 0 bridgehead atoms. The zero-order chi connectivity index (χ0) is 19.2. The van der Waals surface area contributed by atoms with E-state index >= 15 is 0 Å². The van der Waals surface area contributed by atoms with Gasteiger partial charge in [-0.15, -0.1) is 0 Å². The molecule has 0 atom stereocenters. The Labute approximate surface area is 162 Å². The minimum absolute atomic E-state index is 0.107. The van der Waals surface area contributed by atoms with E-state index in [2.05, 4.69) is 23.8 Å². The van der Waals surface area contributed by atoms with E-state index in [9.17, 15) is 9.18 Å². The average molecular weight is 383 g/mol. The summed E-state index contributed by atoms with van der Waals surface area (Å²) in [6.07, 6.45) is 2.90. The molecule has 2 heterocycles. The van der Waals surface area contributed by atoms with Crippen molar-refractivity contribution >= 4 is 17.4 Å². The second kappa shape index (κ2) is 6.61. The fourth-order valence-corrected chi connectivity index (χ4v) is 4.10. The SMILES string of the molecule is CC1(C)CC(=O)c2c([nH]c(-c3cc(Cl)ncc3F)c2Cc2ccccc2)C1. The molecular weight excluding hydrogens is 363 g/mol. The monoisotopic (exact) mass is 382 g/mol. The molecule has 0 unspecified atom stereocenters. The highest BCUT2D eigenvalue weighted by atomic mass is 35.5. The van der Waals surface area contributed by atoms with E-state index in [1.165, 1.54) is 6.07 Å². The Morgan fingerprint density at radius 2 is 1.96 bits per heavy atom. The molecule has 2 aromatic heterocycles. The Balaban J connectivity index is 1.93. The van der Waals surface area contributed by atoms with E-state index < -0.39 is 5.82 Å². The number of halogens is 2. The van der Waals surface area contributed by atoms with Gasteiger partial charge >= 0.3 is 0 Å². The van der Waals surface area contributed by atoms with Crippen LogP contribution in [0.15, 0.2) is 42.6 Å². The van der Waals surface area contributed by atoms with E-state index in [-0.39, 0.29) is 16.4 Å². The predicted molar refractivity (Wildman–Crippen MR) is 105 cm³/mol. The number of nitrogens with zero attached hydrogens (tertiary/aromatic N) is 1. The number of aromatic nitrogens is 2. The minimum atomic E-state index is -0.459. The first-order valence-corrected chi connectivity index (χ1v) is 9.34. The van der Waals surface area contributed by atoms with Crippen LogP contribution < -0.4 is 0 Å². The first-order chi connectivity index (χ1) is 12.8. The summed E-state index contributed by atoms with van der Waals surface area (Å²) in [5.41, 5.74) is 4.34. The number of Topliss-reactive ketones (excluding diaryl/α,β-unsaturated/α-hetero) is 1. The van der Waals surface area contributed by atoms with Crippen molar-refractivity contribution in [3.05, 3.63) is 75.9 Å². The van der Waals surface area contributed by atoms with Crippen molar-refractivity contribution in [3.8, 4) is 11.3 Å². The number of aromatic amines is 1. The number of H-pyrrole nitrogens is 1. The lowest BCUT2D eigenvalue weighted by Gasteiger charge is -2.28. The number of carbonyl (C=O) groups is 1. The quantitative estimate of drug-likeness (QED) is 0.598. The molecular formula is C22H20ClFN2O. The summed E-state index contributed by atoms with van der Waals surface area (Å²) in [7, 11) is 0. The maximum atomic E-state index is 14.6. The van der Waals surface area contributed by atoms with E-state index in [0.29, 0.717) is 29.7 Å². The van der Waals surface area contributed by atoms with Gasteiger partial charge in [0.05, 0.1) is 11.9 Å². The third-order valence-corrected chi connectivity index (χ3v) is 5.28. The van der Waals surface area contributed by atoms with Gasteiger partial charge in [0.2, 0.25) is 0 Å². The molecule has 3 nitrogen and oxygen atoms in total. The summed E-state index contributed by atoms with van der Waals surface area (Å²) in [4.78, 5) is 20.1. The van der Waals surface area contributed by atoms with Crippen molar-refractivity contribution in [1.82, 2.24) is 9.97 Å². The van der Waals surface area contributed by atoms with Crippen LogP contribution in [-0.2, 0) is 12.8 Å². The standard InChI is InChI=1S/C22H20ClFN2O/c1-22(2)10-17-20(18(27)11-22)15(8-13-6-4-3-5-7-13)21(26-17)14-9-19(23)25-12-16(14)24/h3-7,9,12,26H,8,10-11H2,1-2H3. The summed E-state index contributed by atoms with van der Waals surface area (Å²) in [6, 6.07) is 11.4. The van der Waals surface area contributed by atoms with Crippen molar-refractivity contribution < 1.29 is 9.18 Å². The van der Waals surface area contributed by atoms with Gasteiger partial charge in [-0.25, -0.2) is 9.37 Å².